The molecule has 1 N–H and O–H groups in total. The van der Waals surface area contributed by atoms with Crippen LogP contribution in [-0.2, 0) is 9.53 Å². The molecule has 0 spiro atoms. The molecule has 0 radical (unpaired) electrons. The van der Waals surface area contributed by atoms with E-state index < -0.39 is 0 Å². The fourth-order valence-corrected chi connectivity index (χ4v) is 7.04. The fourth-order valence-electron chi connectivity index (χ4n) is 7.04. The zero-order valence-corrected chi connectivity index (χ0v) is 16.8. The number of aromatic nitrogens is 1. The molecular weight excluding hydrogens is 350 g/mol. The average molecular weight is 384 g/mol. The number of hydrogen-bond donors (Lipinski definition) is 1. The number of morpholine rings is 1. The highest BCUT2D eigenvalue weighted by Crippen LogP contribution is 2.61. The van der Waals surface area contributed by atoms with Gasteiger partial charge in [-0.25, -0.2) is 0 Å². The van der Waals surface area contributed by atoms with Gasteiger partial charge in [-0.1, -0.05) is 6.07 Å². The summed E-state index contributed by atoms with van der Waals surface area (Å²) >= 11 is 0. The van der Waals surface area contributed by atoms with Crippen molar-refractivity contribution in [1.82, 2.24) is 15.2 Å². The molecule has 5 nitrogen and oxygen atoms in total. The van der Waals surface area contributed by atoms with Crippen LogP contribution < -0.4 is 5.32 Å². The predicted octanol–water partition coefficient (Wildman–Crippen LogP) is 3.18. The van der Waals surface area contributed by atoms with Crippen molar-refractivity contribution in [2.75, 3.05) is 32.8 Å². The van der Waals surface area contributed by atoms with E-state index in [0.29, 0.717) is 12.0 Å². The fraction of sp³-hybridized carbons (Fsp3) is 0.739. The Kier molecular flexibility index (Phi) is 5.14. The summed E-state index contributed by atoms with van der Waals surface area (Å²) in [7, 11) is 0. The minimum absolute atomic E-state index is 0.179. The summed E-state index contributed by atoms with van der Waals surface area (Å²) in [5.41, 5.74) is 1.49. The molecule has 6 rings (SSSR count). The van der Waals surface area contributed by atoms with E-state index >= 15 is 0 Å². The van der Waals surface area contributed by atoms with Crippen molar-refractivity contribution in [3.8, 4) is 0 Å². The third-order valence-corrected chi connectivity index (χ3v) is 7.75. The van der Waals surface area contributed by atoms with Crippen LogP contribution in [0.15, 0.2) is 24.5 Å². The number of rotatable bonds is 6. The van der Waals surface area contributed by atoms with Gasteiger partial charge in [0, 0.05) is 38.4 Å². The first-order valence-electron chi connectivity index (χ1n) is 11.2. The van der Waals surface area contributed by atoms with E-state index in [1.807, 2.05) is 18.5 Å². The van der Waals surface area contributed by atoms with Crippen LogP contribution in [0, 0.1) is 23.2 Å². The molecule has 1 atom stereocenters. The zero-order valence-electron chi connectivity index (χ0n) is 16.8. The topological polar surface area (TPSA) is 54.5 Å². The smallest absolute Gasteiger partial charge is 0.220 e. The number of carbonyl (C=O) groups excluding carboxylic acids is 1. The number of carbonyl (C=O) groups is 1. The van der Waals surface area contributed by atoms with E-state index in [2.05, 4.69) is 21.3 Å². The summed E-state index contributed by atoms with van der Waals surface area (Å²) in [4.78, 5) is 19.7. The quantitative estimate of drug-likeness (QED) is 0.820. The summed E-state index contributed by atoms with van der Waals surface area (Å²) in [5.74, 6) is 2.95. The van der Waals surface area contributed by atoms with E-state index in [-0.39, 0.29) is 11.9 Å². The number of nitrogens with zero attached hydrogens (tertiary/aromatic N) is 2. The summed E-state index contributed by atoms with van der Waals surface area (Å²) < 4.78 is 5.53. The van der Waals surface area contributed by atoms with Gasteiger partial charge in [-0.2, -0.15) is 0 Å². The minimum atomic E-state index is 0.179. The van der Waals surface area contributed by atoms with Crippen molar-refractivity contribution in [1.29, 1.82) is 0 Å². The maximum Gasteiger partial charge on any atom is 0.220 e. The maximum absolute atomic E-state index is 13.0. The van der Waals surface area contributed by atoms with Crippen molar-refractivity contribution < 1.29 is 9.53 Å². The molecule has 4 aliphatic carbocycles. The van der Waals surface area contributed by atoms with Crippen LogP contribution in [-0.4, -0.2) is 48.6 Å². The lowest BCUT2D eigenvalue weighted by Gasteiger charge is -2.56. The van der Waals surface area contributed by atoms with Gasteiger partial charge in [0.25, 0.3) is 0 Å². The molecule has 1 amide bonds. The van der Waals surface area contributed by atoms with Crippen LogP contribution in [0.1, 0.15) is 56.6 Å². The second-order valence-corrected chi connectivity index (χ2v) is 9.85. The molecule has 5 aliphatic rings. The van der Waals surface area contributed by atoms with Crippen LogP contribution in [0.3, 0.4) is 0 Å². The predicted molar refractivity (Wildman–Crippen MR) is 108 cm³/mol. The molecule has 28 heavy (non-hydrogen) atoms. The molecule has 1 saturated heterocycles. The Balaban J connectivity index is 1.22. The summed E-state index contributed by atoms with van der Waals surface area (Å²) in [6, 6.07) is 4.29. The third-order valence-electron chi connectivity index (χ3n) is 7.75. The van der Waals surface area contributed by atoms with Crippen LogP contribution >= 0.6 is 0 Å². The normalized spacial score (nSPS) is 35.6. The lowest BCUT2D eigenvalue weighted by Crippen LogP contribution is -2.49. The van der Waals surface area contributed by atoms with Gasteiger partial charge in [0.1, 0.15) is 0 Å². The first-order valence-corrected chi connectivity index (χ1v) is 11.2. The summed E-state index contributed by atoms with van der Waals surface area (Å²) in [6.07, 6.45) is 12.7. The van der Waals surface area contributed by atoms with Crippen molar-refractivity contribution in [3.05, 3.63) is 30.1 Å². The number of pyridine rings is 1. The van der Waals surface area contributed by atoms with Gasteiger partial charge < -0.3 is 10.1 Å². The van der Waals surface area contributed by atoms with Crippen molar-refractivity contribution in [2.24, 2.45) is 23.2 Å². The Labute approximate surface area is 168 Å². The van der Waals surface area contributed by atoms with Gasteiger partial charge in [-0.15, -0.1) is 0 Å². The van der Waals surface area contributed by atoms with Crippen molar-refractivity contribution in [2.45, 2.75) is 51.0 Å². The standard InChI is InChI=1S/C23H33N3O2/c27-22(14-23-11-17-8-18(12-23)10-19(9-17)13-23)25-16-21(20-2-1-3-24-15-20)26-4-6-28-7-5-26/h1-3,15,17-19,21H,4-14,16H2,(H,25,27). The maximum atomic E-state index is 13.0. The Morgan fingerprint density at radius 2 is 1.86 bits per heavy atom. The number of ether oxygens (including phenoxy) is 1. The van der Waals surface area contributed by atoms with Crippen molar-refractivity contribution in [3.63, 3.8) is 0 Å². The third kappa shape index (κ3) is 3.84. The van der Waals surface area contributed by atoms with Crippen molar-refractivity contribution >= 4 is 5.91 Å². The van der Waals surface area contributed by atoms with E-state index in [4.69, 9.17) is 4.74 Å². The molecule has 1 aromatic heterocycles. The Morgan fingerprint density at radius 3 is 2.46 bits per heavy atom. The monoisotopic (exact) mass is 383 g/mol. The molecular formula is C23H33N3O2. The van der Waals surface area contributed by atoms with Crippen LogP contribution in [0.2, 0.25) is 0 Å². The Bertz CT molecular complexity index is 651. The highest BCUT2D eigenvalue weighted by Gasteiger charge is 2.51. The van der Waals surface area contributed by atoms with E-state index in [1.165, 1.54) is 44.1 Å². The highest BCUT2D eigenvalue weighted by molar-refractivity contribution is 5.76. The molecule has 1 aromatic rings. The summed E-state index contributed by atoms with van der Waals surface area (Å²) in [5, 5.41) is 3.30. The lowest BCUT2D eigenvalue weighted by molar-refractivity contribution is -0.129. The van der Waals surface area contributed by atoms with E-state index in [9.17, 15) is 4.79 Å². The molecule has 152 valence electrons. The largest absolute Gasteiger partial charge is 0.379 e. The molecule has 4 saturated carbocycles. The molecule has 0 aromatic carbocycles. The lowest BCUT2D eigenvalue weighted by atomic mass is 9.49. The number of hydrogen-bond acceptors (Lipinski definition) is 4. The molecule has 5 heteroatoms. The molecule has 1 aliphatic heterocycles. The SMILES string of the molecule is O=C(CC12CC3CC(CC(C3)C1)C2)NCC(c1cccnc1)N1CCOCC1. The van der Waals surface area contributed by atoms with Gasteiger partial charge in [0.2, 0.25) is 5.91 Å². The Morgan fingerprint density at radius 1 is 1.18 bits per heavy atom. The zero-order chi connectivity index (χ0) is 19.0. The van der Waals surface area contributed by atoms with Gasteiger partial charge in [-0.3, -0.25) is 14.7 Å². The van der Waals surface area contributed by atoms with Crippen LogP contribution in [0.25, 0.3) is 0 Å². The minimum Gasteiger partial charge on any atom is -0.379 e. The molecule has 2 heterocycles. The molecule has 4 bridgehead atoms. The number of nitrogens with one attached hydrogen (secondary N) is 1. The van der Waals surface area contributed by atoms with Gasteiger partial charge in [0.15, 0.2) is 0 Å². The second kappa shape index (κ2) is 7.75. The van der Waals surface area contributed by atoms with Crippen LogP contribution in [0.4, 0.5) is 0 Å². The highest BCUT2D eigenvalue weighted by atomic mass is 16.5. The second-order valence-electron chi connectivity index (χ2n) is 9.85. The van der Waals surface area contributed by atoms with E-state index in [0.717, 1.165) is 50.5 Å². The summed E-state index contributed by atoms with van der Waals surface area (Å²) in [6.45, 7) is 4.00. The first-order chi connectivity index (χ1) is 13.7. The number of amides is 1. The van der Waals surface area contributed by atoms with Gasteiger partial charge in [-0.05, 0) is 73.3 Å². The first kappa shape index (κ1) is 18.6. The van der Waals surface area contributed by atoms with Gasteiger partial charge >= 0.3 is 0 Å². The Hall–Kier alpha value is -1.46. The molecule has 5 fully saturated rings. The van der Waals surface area contributed by atoms with Crippen LogP contribution in [0.5, 0.6) is 0 Å². The molecule has 1 unspecified atom stereocenters. The van der Waals surface area contributed by atoms with E-state index in [1.54, 1.807) is 0 Å². The average Bonchev–Trinajstić information content (AvgIpc) is 2.68. The van der Waals surface area contributed by atoms with Gasteiger partial charge in [0.05, 0.1) is 19.3 Å².